The third-order valence-corrected chi connectivity index (χ3v) is 6.21. The number of aryl methyl sites for hydroxylation is 2. The minimum absolute atomic E-state index is 0.124. The molecule has 0 saturated carbocycles. The Kier molecular flexibility index (Phi) is 7.07. The smallest absolute Gasteiger partial charge is 0.294 e. The molecule has 1 N–H and O–H groups in total. The fourth-order valence-electron chi connectivity index (χ4n) is 4.28. The Hall–Kier alpha value is -3.08. The Labute approximate surface area is 191 Å². The Morgan fingerprint density at radius 2 is 1.66 bits per heavy atom. The van der Waals surface area contributed by atoms with Crippen molar-refractivity contribution in [3.63, 3.8) is 0 Å². The second kappa shape index (κ2) is 9.60. The number of carbonyl (C=O) groups excluding carboxylic acids is 2. The van der Waals surface area contributed by atoms with Crippen LogP contribution >= 0.6 is 0 Å². The number of rotatable bonds is 8. The highest BCUT2D eigenvalue weighted by Crippen LogP contribution is 2.42. The number of aliphatic hydroxyl groups excluding tert-OH is 1. The number of ketones is 1. The average Bonchev–Trinajstić information content (AvgIpc) is 3.02. The van der Waals surface area contributed by atoms with Crippen LogP contribution < -0.4 is 9.80 Å². The molecular weight excluding hydrogens is 400 g/mol. The van der Waals surface area contributed by atoms with Crippen molar-refractivity contribution in [3.05, 3.63) is 70.5 Å². The van der Waals surface area contributed by atoms with Crippen LogP contribution in [-0.4, -0.2) is 29.9 Å². The maximum atomic E-state index is 13.2. The molecule has 0 fully saturated rings. The van der Waals surface area contributed by atoms with Gasteiger partial charge < -0.3 is 10.0 Å². The summed E-state index contributed by atoms with van der Waals surface area (Å²) in [5, 5.41) is 10.8. The molecule has 1 unspecified atom stereocenters. The minimum atomic E-state index is -0.651. The summed E-state index contributed by atoms with van der Waals surface area (Å²) in [6.07, 6.45) is 0.279. The molecule has 1 atom stereocenters. The zero-order valence-corrected chi connectivity index (χ0v) is 20.0. The third kappa shape index (κ3) is 4.43. The van der Waals surface area contributed by atoms with Crippen LogP contribution in [0.3, 0.4) is 0 Å². The molecule has 2 aromatic rings. The first-order valence-corrected chi connectivity index (χ1v) is 11.4. The molecule has 0 bridgehead atoms. The summed E-state index contributed by atoms with van der Waals surface area (Å²) in [6, 6.07) is 13.1. The first-order chi connectivity index (χ1) is 15.2. The molecule has 1 amide bonds. The number of carbonyl (C=O) groups is 2. The molecule has 0 saturated heterocycles. The Balaban J connectivity index is 2.12. The largest absolute Gasteiger partial charge is 0.503 e. The third-order valence-electron chi connectivity index (χ3n) is 6.21. The van der Waals surface area contributed by atoms with Crippen LogP contribution in [0, 0.1) is 19.8 Å². The lowest BCUT2D eigenvalue weighted by Gasteiger charge is -2.28. The molecule has 2 aromatic carbocycles. The first-order valence-electron chi connectivity index (χ1n) is 11.4. The van der Waals surface area contributed by atoms with E-state index in [4.69, 9.17) is 0 Å². The number of amides is 1. The van der Waals surface area contributed by atoms with Gasteiger partial charge >= 0.3 is 0 Å². The fraction of sp³-hybridized carbons (Fsp3) is 0.407. The topological polar surface area (TPSA) is 60.9 Å². The predicted molar refractivity (Wildman–Crippen MR) is 130 cm³/mol. The fourth-order valence-corrected chi connectivity index (χ4v) is 4.28. The van der Waals surface area contributed by atoms with Crippen molar-refractivity contribution in [2.45, 2.75) is 54.0 Å². The van der Waals surface area contributed by atoms with E-state index in [1.165, 1.54) is 0 Å². The zero-order valence-electron chi connectivity index (χ0n) is 20.0. The normalized spacial score (nSPS) is 16.3. The summed E-state index contributed by atoms with van der Waals surface area (Å²) in [5.74, 6) is -1.03. The van der Waals surface area contributed by atoms with E-state index >= 15 is 0 Å². The molecular formula is C27H34N2O3. The van der Waals surface area contributed by atoms with E-state index in [1.807, 2.05) is 70.2 Å². The standard InChI is InChI=1S/C27H34N2O3/c1-7-28(8-2)21-13-10-20(11-14-21)25-24(23(30)15-17(3)4)26(31)27(32)29(25)22-12-9-18(5)19(6)16-22/h9-14,16-17,25,31H,7-8,15H2,1-6H3. The van der Waals surface area contributed by atoms with Gasteiger partial charge in [-0.25, -0.2) is 0 Å². The van der Waals surface area contributed by atoms with Gasteiger partial charge in [-0.2, -0.15) is 0 Å². The second-order valence-electron chi connectivity index (χ2n) is 8.89. The molecule has 0 aliphatic carbocycles. The molecule has 0 radical (unpaired) electrons. The van der Waals surface area contributed by atoms with E-state index in [-0.39, 0.29) is 23.7 Å². The van der Waals surface area contributed by atoms with Crippen molar-refractivity contribution < 1.29 is 14.7 Å². The average molecular weight is 435 g/mol. The van der Waals surface area contributed by atoms with Crippen LogP contribution in [0.2, 0.25) is 0 Å². The van der Waals surface area contributed by atoms with Gasteiger partial charge in [-0.15, -0.1) is 0 Å². The van der Waals surface area contributed by atoms with Crippen molar-refractivity contribution in [3.8, 4) is 0 Å². The van der Waals surface area contributed by atoms with E-state index in [1.54, 1.807) is 4.90 Å². The van der Waals surface area contributed by atoms with Gasteiger partial charge in [-0.3, -0.25) is 14.5 Å². The van der Waals surface area contributed by atoms with Gasteiger partial charge in [0.1, 0.15) is 0 Å². The molecule has 32 heavy (non-hydrogen) atoms. The molecule has 0 aromatic heterocycles. The lowest BCUT2D eigenvalue weighted by atomic mass is 9.91. The lowest BCUT2D eigenvalue weighted by Crippen LogP contribution is -2.31. The van der Waals surface area contributed by atoms with Crippen LogP contribution in [0.25, 0.3) is 0 Å². The van der Waals surface area contributed by atoms with Crippen LogP contribution in [0.4, 0.5) is 11.4 Å². The molecule has 5 nitrogen and oxygen atoms in total. The predicted octanol–water partition coefficient (Wildman–Crippen LogP) is 5.66. The number of benzene rings is 2. The van der Waals surface area contributed by atoms with Crippen molar-refractivity contribution in [1.82, 2.24) is 0 Å². The Bertz CT molecular complexity index is 1030. The summed E-state index contributed by atoms with van der Waals surface area (Å²) in [7, 11) is 0. The minimum Gasteiger partial charge on any atom is -0.503 e. The monoisotopic (exact) mass is 434 g/mol. The van der Waals surface area contributed by atoms with Gasteiger partial charge in [0.25, 0.3) is 5.91 Å². The van der Waals surface area contributed by atoms with Gasteiger partial charge in [-0.05, 0) is 74.6 Å². The number of hydrogen-bond acceptors (Lipinski definition) is 4. The zero-order chi connectivity index (χ0) is 23.6. The van der Waals surface area contributed by atoms with Gasteiger partial charge in [0, 0.05) is 30.9 Å². The molecule has 1 aliphatic rings. The number of hydrogen-bond donors (Lipinski definition) is 1. The van der Waals surface area contributed by atoms with Crippen LogP contribution in [-0.2, 0) is 9.59 Å². The molecule has 1 aliphatic heterocycles. The van der Waals surface area contributed by atoms with Gasteiger partial charge in [0.15, 0.2) is 11.5 Å². The number of anilines is 2. The van der Waals surface area contributed by atoms with E-state index in [0.717, 1.165) is 35.5 Å². The number of nitrogens with zero attached hydrogens (tertiary/aromatic N) is 2. The van der Waals surface area contributed by atoms with Crippen molar-refractivity contribution in [2.24, 2.45) is 5.92 Å². The summed E-state index contributed by atoms with van der Waals surface area (Å²) < 4.78 is 0. The van der Waals surface area contributed by atoms with Crippen molar-refractivity contribution in [2.75, 3.05) is 22.9 Å². The number of aliphatic hydroxyl groups is 1. The van der Waals surface area contributed by atoms with E-state index in [0.29, 0.717) is 5.69 Å². The molecule has 3 rings (SSSR count). The first kappa shape index (κ1) is 23.6. The summed E-state index contributed by atoms with van der Waals surface area (Å²) in [5.41, 5.74) is 4.93. The molecule has 0 spiro atoms. The van der Waals surface area contributed by atoms with Gasteiger partial charge in [0.2, 0.25) is 0 Å². The second-order valence-corrected chi connectivity index (χ2v) is 8.89. The SMILES string of the molecule is CCN(CC)c1ccc(C2C(C(=O)CC(C)C)=C(O)C(=O)N2c2ccc(C)c(C)c2)cc1. The quantitative estimate of drug-likeness (QED) is 0.582. The van der Waals surface area contributed by atoms with E-state index < -0.39 is 17.7 Å². The Morgan fingerprint density at radius 3 is 2.19 bits per heavy atom. The molecule has 5 heteroatoms. The van der Waals surface area contributed by atoms with E-state index in [2.05, 4.69) is 18.7 Å². The van der Waals surface area contributed by atoms with Crippen LogP contribution in [0.5, 0.6) is 0 Å². The summed E-state index contributed by atoms with van der Waals surface area (Å²) >= 11 is 0. The van der Waals surface area contributed by atoms with Crippen molar-refractivity contribution >= 4 is 23.1 Å². The molecule has 170 valence electrons. The summed E-state index contributed by atoms with van der Waals surface area (Å²) in [6.45, 7) is 13.9. The summed E-state index contributed by atoms with van der Waals surface area (Å²) in [4.78, 5) is 30.2. The van der Waals surface area contributed by atoms with Crippen LogP contribution in [0.1, 0.15) is 56.8 Å². The van der Waals surface area contributed by atoms with Gasteiger partial charge in [-0.1, -0.05) is 32.0 Å². The van der Waals surface area contributed by atoms with Crippen LogP contribution in [0.15, 0.2) is 53.8 Å². The maximum Gasteiger partial charge on any atom is 0.294 e. The highest BCUT2D eigenvalue weighted by molar-refractivity contribution is 6.16. The van der Waals surface area contributed by atoms with Gasteiger partial charge in [0.05, 0.1) is 11.6 Å². The van der Waals surface area contributed by atoms with E-state index in [9.17, 15) is 14.7 Å². The highest BCUT2D eigenvalue weighted by atomic mass is 16.3. The number of Topliss-reactive ketones (excluding diaryl/α,β-unsaturated/α-hetero) is 1. The van der Waals surface area contributed by atoms with Crippen molar-refractivity contribution in [1.29, 1.82) is 0 Å². The maximum absolute atomic E-state index is 13.2. The Morgan fingerprint density at radius 1 is 1.03 bits per heavy atom. The highest BCUT2D eigenvalue weighted by Gasteiger charge is 2.44. The lowest BCUT2D eigenvalue weighted by molar-refractivity contribution is -0.118. The molecule has 1 heterocycles.